The van der Waals surface area contributed by atoms with Crippen LogP contribution in [0.2, 0.25) is 0 Å². The van der Waals surface area contributed by atoms with Crippen LogP contribution in [0.5, 0.6) is 0 Å². The van der Waals surface area contributed by atoms with E-state index in [-0.39, 0.29) is 5.97 Å². The van der Waals surface area contributed by atoms with Crippen molar-refractivity contribution >= 4 is 33.2 Å². The van der Waals surface area contributed by atoms with Crippen LogP contribution in [-0.2, 0) is 24.2 Å². The quantitative estimate of drug-likeness (QED) is 0.779. The molecule has 21 heavy (non-hydrogen) atoms. The lowest BCUT2D eigenvalue weighted by atomic mass is 10.1. The van der Waals surface area contributed by atoms with Gasteiger partial charge in [0.25, 0.3) is 0 Å². The molecule has 0 bridgehead atoms. The van der Waals surface area contributed by atoms with E-state index < -0.39 is 0 Å². The molecule has 0 amide bonds. The van der Waals surface area contributed by atoms with E-state index in [1.165, 1.54) is 16.9 Å². The fraction of sp³-hybridized carbons (Fsp3) is 0.312. The Balaban J connectivity index is 1.92. The number of halogens is 1. The number of nitrogens with one attached hydrogen (secondary N) is 1. The van der Waals surface area contributed by atoms with E-state index in [1.54, 1.807) is 12.1 Å². The van der Waals surface area contributed by atoms with Crippen LogP contribution in [0, 0.1) is 0 Å². The average molecular weight is 368 g/mol. The van der Waals surface area contributed by atoms with E-state index in [4.69, 9.17) is 4.74 Å². The monoisotopic (exact) mass is 367 g/mol. The summed E-state index contributed by atoms with van der Waals surface area (Å²) >= 11 is 5.35. The lowest BCUT2D eigenvalue weighted by Crippen LogP contribution is -2.12. The van der Waals surface area contributed by atoms with Crippen LogP contribution in [0.1, 0.15) is 32.6 Å². The molecule has 1 aromatic heterocycles. The van der Waals surface area contributed by atoms with Gasteiger partial charge in [0.15, 0.2) is 0 Å². The first-order valence-corrected chi connectivity index (χ1v) is 8.40. The molecule has 1 N–H and O–H groups in total. The first-order valence-electron chi connectivity index (χ1n) is 6.79. The number of carbonyl (C=O) groups is 1. The summed E-state index contributed by atoms with van der Waals surface area (Å²) in [5.41, 5.74) is 1.67. The summed E-state index contributed by atoms with van der Waals surface area (Å²) in [6, 6.07) is 9.88. The molecule has 1 aromatic carbocycles. The molecular weight excluding hydrogens is 350 g/mol. The van der Waals surface area contributed by atoms with Crippen LogP contribution in [-0.4, -0.2) is 13.1 Å². The summed E-state index contributed by atoms with van der Waals surface area (Å²) in [6.07, 6.45) is 1.09. The zero-order valence-corrected chi connectivity index (χ0v) is 14.5. The molecule has 0 radical (unpaired) electrons. The zero-order chi connectivity index (χ0) is 15.2. The van der Waals surface area contributed by atoms with E-state index in [0.717, 1.165) is 29.5 Å². The molecule has 0 fully saturated rings. The first kappa shape index (κ1) is 16.2. The van der Waals surface area contributed by atoms with Gasteiger partial charge in [-0.05, 0) is 36.2 Å². The second-order valence-electron chi connectivity index (χ2n) is 4.62. The first-order chi connectivity index (χ1) is 10.1. The van der Waals surface area contributed by atoms with Crippen LogP contribution < -0.4 is 5.32 Å². The molecule has 2 rings (SSSR count). The molecule has 3 nitrogen and oxygen atoms in total. The average Bonchev–Trinajstić information content (AvgIpc) is 2.96. The zero-order valence-electron chi connectivity index (χ0n) is 12.1. The van der Waals surface area contributed by atoms with Gasteiger partial charge in [0.05, 0.1) is 12.7 Å². The van der Waals surface area contributed by atoms with Gasteiger partial charge in [-0.25, -0.2) is 4.79 Å². The number of esters is 1. The maximum absolute atomic E-state index is 11.4. The van der Waals surface area contributed by atoms with Gasteiger partial charge in [-0.3, -0.25) is 0 Å². The lowest BCUT2D eigenvalue weighted by Gasteiger charge is -2.07. The van der Waals surface area contributed by atoms with Crippen LogP contribution in [0.15, 0.2) is 34.8 Å². The van der Waals surface area contributed by atoms with Crippen molar-refractivity contribution in [1.82, 2.24) is 5.32 Å². The number of rotatable bonds is 6. The van der Waals surface area contributed by atoms with Crippen molar-refractivity contribution in [3.05, 3.63) is 55.7 Å². The number of carbonyl (C=O) groups excluding carboxylic acids is 1. The van der Waals surface area contributed by atoms with E-state index in [2.05, 4.69) is 40.3 Å². The number of methoxy groups -OCH3 is 1. The second-order valence-corrected chi connectivity index (χ2v) is 6.73. The Labute approximate surface area is 137 Å². The molecule has 2 aromatic rings. The lowest BCUT2D eigenvalue weighted by molar-refractivity contribution is 0.0600. The van der Waals surface area contributed by atoms with Crippen molar-refractivity contribution in [3.8, 4) is 0 Å². The fourth-order valence-corrected chi connectivity index (χ4v) is 3.41. The fourth-order valence-electron chi connectivity index (χ4n) is 1.96. The predicted octanol–water partition coefficient (Wildman–Crippen LogP) is 4.15. The van der Waals surface area contributed by atoms with Gasteiger partial charge >= 0.3 is 5.97 Å². The SMILES string of the molecule is CCc1ccc(CNCc2ccc(C(=O)OC)cc2Br)s1. The third kappa shape index (κ3) is 4.40. The predicted molar refractivity (Wildman–Crippen MR) is 89.7 cm³/mol. The van der Waals surface area contributed by atoms with Crippen molar-refractivity contribution in [3.63, 3.8) is 0 Å². The Kier molecular flexibility index (Phi) is 5.96. The highest BCUT2D eigenvalue weighted by Crippen LogP contribution is 2.20. The number of thiophene rings is 1. The number of hydrogen-bond acceptors (Lipinski definition) is 4. The highest BCUT2D eigenvalue weighted by Gasteiger charge is 2.08. The van der Waals surface area contributed by atoms with Crippen molar-refractivity contribution in [2.24, 2.45) is 0 Å². The van der Waals surface area contributed by atoms with E-state index in [0.29, 0.717) is 5.56 Å². The Hall–Kier alpha value is -1.17. The minimum absolute atomic E-state index is 0.319. The largest absolute Gasteiger partial charge is 0.465 e. The Morgan fingerprint density at radius 3 is 2.62 bits per heavy atom. The number of benzene rings is 1. The molecule has 0 aliphatic heterocycles. The molecule has 0 unspecified atom stereocenters. The molecule has 0 saturated carbocycles. The molecule has 5 heteroatoms. The normalized spacial score (nSPS) is 10.6. The summed E-state index contributed by atoms with van der Waals surface area (Å²) in [6.45, 7) is 3.78. The highest BCUT2D eigenvalue weighted by molar-refractivity contribution is 9.10. The topological polar surface area (TPSA) is 38.3 Å². The Bertz CT molecular complexity index is 624. The second kappa shape index (κ2) is 7.73. The third-order valence-corrected chi connectivity index (χ3v) is 5.12. The smallest absolute Gasteiger partial charge is 0.337 e. The van der Waals surface area contributed by atoms with Gasteiger partial charge in [-0.2, -0.15) is 0 Å². The van der Waals surface area contributed by atoms with E-state index in [9.17, 15) is 4.79 Å². The van der Waals surface area contributed by atoms with Gasteiger partial charge < -0.3 is 10.1 Å². The molecule has 0 spiro atoms. The molecular formula is C16H18BrNO2S. The molecule has 1 heterocycles. The molecule has 0 aliphatic rings. The maximum Gasteiger partial charge on any atom is 0.337 e. The molecule has 112 valence electrons. The Morgan fingerprint density at radius 2 is 2.00 bits per heavy atom. The molecule has 0 aliphatic carbocycles. The summed E-state index contributed by atoms with van der Waals surface area (Å²) < 4.78 is 5.62. The summed E-state index contributed by atoms with van der Waals surface area (Å²) in [5.74, 6) is -0.319. The van der Waals surface area contributed by atoms with Gasteiger partial charge in [-0.1, -0.05) is 28.9 Å². The summed E-state index contributed by atoms with van der Waals surface area (Å²) in [7, 11) is 1.39. The van der Waals surface area contributed by atoms with Crippen molar-refractivity contribution in [2.45, 2.75) is 26.4 Å². The standard InChI is InChI=1S/C16H18BrNO2S/c1-3-13-6-7-14(21-13)10-18-9-12-5-4-11(8-15(12)17)16(19)20-2/h4-8,18H,3,9-10H2,1-2H3. The van der Waals surface area contributed by atoms with Gasteiger partial charge in [0.1, 0.15) is 0 Å². The maximum atomic E-state index is 11.4. The number of aryl methyl sites for hydroxylation is 1. The minimum Gasteiger partial charge on any atom is -0.465 e. The van der Waals surface area contributed by atoms with Crippen molar-refractivity contribution in [2.75, 3.05) is 7.11 Å². The Morgan fingerprint density at radius 1 is 1.24 bits per heavy atom. The highest BCUT2D eigenvalue weighted by atomic mass is 79.9. The van der Waals surface area contributed by atoms with E-state index >= 15 is 0 Å². The van der Waals surface area contributed by atoms with Gasteiger partial charge in [-0.15, -0.1) is 11.3 Å². The molecule has 0 saturated heterocycles. The van der Waals surface area contributed by atoms with Crippen LogP contribution in [0.3, 0.4) is 0 Å². The van der Waals surface area contributed by atoms with Crippen LogP contribution in [0.4, 0.5) is 0 Å². The minimum atomic E-state index is -0.319. The van der Waals surface area contributed by atoms with Gasteiger partial charge in [0, 0.05) is 27.3 Å². The van der Waals surface area contributed by atoms with Crippen LogP contribution >= 0.6 is 27.3 Å². The summed E-state index contributed by atoms with van der Waals surface area (Å²) in [5, 5.41) is 3.42. The van der Waals surface area contributed by atoms with Crippen LogP contribution in [0.25, 0.3) is 0 Å². The van der Waals surface area contributed by atoms with Crippen molar-refractivity contribution in [1.29, 1.82) is 0 Å². The van der Waals surface area contributed by atoms with E-state index in [1.807, 2.05) is 17.4 Å². The van der Waals surface area contributed by atoms with Crippen molar-refractivity contribution < 1.29 is 9.53 Å². The van der Waals surface area contributed by atoms with Gasteiger partial charge in [0.2, 0.25) is 0 Å². The molecule has 0 atom stereocenters. The number of hydrogen-bond donors (Lipinski definition) is 1. The number of ether oxygens (including phenoxy) is 1. The third-order valence-electron chi connectivity index (χ3n) is 3.15. The summed E-state index contributed by atoms with van der Waals surface area (Å²) in [4.78, 5) is 14.2.